The van der Waals surface area contributed by atoms with Crippen LogP contribution in [0.2, 0.25) is 0 Å². The van der Waals surface area contributed by atoms with Gasteiger partial charge in [-0.05, 0) is 78.5 Å². The molecule has 1 N–H and O–H groups in total. The molecule has 1 aromatic carbocycles. The molecule has 0 aromatic heterocycles. The van der Waals surface area contributed by atoms with E-state index >= 15 is 0 Å². The van der Waals surface area contributed by atoms with Crippen molar-refractivity contribution in [1.82, 2.24) is 10.2 Å². The van der Waals surface area contributed by atoms with Gasteiger partial charge in [0.1, 0.15) is 11.2 Å². The van der Waals surface area contributed by atoms with Crippen LogP contribution in [0.15, 0.2) is 24.3 Å². The highest BCUT2D eigenvalue weighted by molar-refractivity contribution is 5.88. The van der Waals surface area contributed by atoms with Gasteiger partial charge in [0.25, 0.3) is 0 Å². The van der Waals surface area contributed by atoms with Gasteiger partial charge in [0, 0.05) is 6.54 Å². The van der Waals surface area contributed by atoms with Crippen LogP contribution in [0.25, 0.3) is 0 Å². The first-order chi connectivity index (χ1) is 15.3. The van der Waals surface area contributed by atoms with Gasteiger partial charge in [-0.1, -0.05) is 24.3 Å². The molecule has 0 radical (unpaired) electrons. The summed E-state index contributed by atoms with van der Waals surface area (Å²) < 4.78 is 16.2. The Morgan fingerprint density at radius 1 is 1.03 bits per heavy atom. The van der Waals surface area contributed by atoms with E-state index in [0.717, 1.165) is 29.0 Å². The molecule has 1 saturated heterocycles. The van der Waals surface area contributed by atoms with Crippen molar-refractivity contribution in [3.05, 3.63) is 35.4 Å². The van der Waals surface area contributed by atoms with Gasteiger partial charge in [-0.2, -0.15) is 0 Å². The van der Waals surface area contributed by atoms with E-state index in [4.69, 9.17) is 14.2 Å². The Bertz CT molecular complexity index is 812. The maximum absolute atomic E-state index is 12.8. The van der Waals surface area contributed by atoms with Crippen molar-refractivity contribution in [1.29, 1.82) is 0 Å². The van der Waals surface area contributed by atoms with Crippen LogP contribution in [0.5, 0.6) is 0 Å². The van der Waals surface area contributed by atoms with Crippen molar-refractivity contribution in [2.24, 2.45) is 5.92 Å². The second kappa shape index (κ2) is 11.0. The topological polar surface area (TPSA) is 94.2 Å². The maximum atomic E-state index is 12.8. The fourth-order valence-corrected chi connectivity index (χ4v) is 3.70. The number of nitrogens with zero attached hydrogens (tertiary/aromatic N) is 1. The number of nitrogens with one attached hydrogen (secondary N) is 1. The maximum Gasteiger partial charge on any atom is 0.420 e. The van der Waals surface area contributed by atoms with Crippen LogP contribution < -0.4 is 5.32 Å². The molecule has 8 heteroatoms. The summed E-state index contributed by atoms with van der Waals surface area (Å²) in [5.41, 5.74) is 0.188. The van der Waals surface area contributed by atoms with Crippen LogP contribution in [-0.4, -0.2) is 54.0 Å². The van der Waals surface area contributed by atoms with Gasteiger partial charge in [-0.25, -0.2) is 14.5 Å². The molecule has 1 aliphatic rings. The lowest BCUT2D eigenvalue weighted by molar-refractivity contribution is -0.149. The number of carbonyl (C=O) groups is 3. The lowest BCUT2D eigenvalue weighted by Gasteiger charge is -2.31. The molecule has 2 rings (SSSR count). The largest absolute Gasteiger partial charge is 0.466 e. The van der Waals surface area contributed by atoms with Crippen molar-refractivity contribution >= 4 is 18.2 Å². The summed E-state index contributed by atoms with van der Waals surface area (Å²) in [5.74, 6) is -0.521. The third-order valence-electron chi connectivity index (χ3n) is 5.02. The van der Waals surface area contributed by atoms with Crippen LogP contribution >= 0.6 is 0 Å². The van der Waals surface area contributed by atoms with E-state index in [0.29, 0.717) is 13.2 Å². The van der Waals surface area contributed by atoms with E-state index in [1.54, 1.807) is 48.5 Å². The van der Waals surface area contributed by atoms with Crippen LogP contribution in [0.1, 0.15) is 71.9 Å². The molecule has 1 heterocycles. The smallest absolute Gasteiger partial charge is 0.420 e. The summed E-state index contributed by atoms with van der Waals surface area (Å²) in [7, 11) is 0. The zero-order valence-electron chi connectivity index (χ0n) is 20.9. The number of rotatable bonds is 5. The van der Waals surface area contributed by atoms with Gasteiger partial charge in [-0.3, -0.25) is 4.79 Å². The SMILES string of the molecule is CCOC(=O)[C@H]1CNCC[C@H]1c1cccc(CN(C(=O)OC(C)(C)C)C(=O)OC(C)(C)C)c1. The number of benzene rings is 1. The van der Waals surface area contributed by atoms with E-state index in [1.165, 1.54) is 0 Å². The lowest BCUT2D eigenvalue weighted by atomic mass is 9.80. The molecule has 0 unspecified atom stereocenters. The Kier molecular flexibility index (Phi) is 8.89. The Labute approximate surface area is 196 Å². The van der Waals surface area contributed by atoms with E-state index in [-0.39, 0.29) is 24.3 Å². The third-order valence-corrected chi connectivity index (χ3v) is 5.02. The zero-order chi connectivity index (χ0) is 24.8. The molecule has 2 atom stereocenters. The molecular formula is C25H38N2O6. The highest BCUT2D eigenvalue weighted by atomic mass is 16.6. The average Bonchev–Trinajstić information content (AvgIpc) is 2.69. The minimum Gasteiger partial charge on any atom is -0.466 e. The van der Waals surface area contributed by atoms with Crippen molar-refractivity contribution in [2.75, 3.05) is 19.7 Å². The molecule has 184 valence electrons. The number of hydrogen-bond acceptors (Lipinski definition) is 7. The van der Waals surface area contributed by atoms with E-state index in [1.807, 2.05) is 24.3 Å². The highest BCUT2D eigenvalue weighted by Crippen LogP contribution is 2.32. The fourth-order valence-electron chi connectivity index (χ4n) is 3.70. The zero-order valence-corrected chi connectivity index (χ0v) is 20.9. The van der Waals surface area contributed by atoms with Crippen molar-refractivity contribution in [2.45, 2.75) is 78.6 Å². The van der Waals surface area contributed by atoms with Gasteiger partial charge in [-0.15, -0.1) is 0 Å². The number of carbonyl (C=O) groups excluding carboxylic acids is 3. The first kappa shape index (κ1) is 26.6. The summed E-state index contributed by atoms with van der Waals surface area (Å²) in [4.78, 5) is 39.1. The predicted octanol–water partition coefficient (Wildman–Crippen LogP) is 4.62. The second-order valence-electron chi connectivity index (χ2n) is 10.2. The first-order valence-electron chi connectivity index (χ1n) is 11.5. The van der Waals surface area contributed by atoms with Gasteiger partial charge in [0.2, 0.25) is 0 Å². The molecule has 33 heavy (non-hydrogen) atoms. The third kappa shape index (κ3) is 8.35. The molecule has 0 spiro atoms. The Balaban J connectivity index is 2.29. The number of amides is 2. The predicted molar refractivity (Wildman–Crippen MR) is 125 cm³/mol. The lowest BCUT2D eigenvalue weighted by Crippen LogP contribution is -2.43. The average molecular weight is 463 g/mol. The molecule has 0 bridgehead atoms. The first-order valence-corrected chi connectivity index (χ1v) is 11.5. The second-order valence-corrected chi connectivity index (χ2v) is 10.2. The molecule has 2 amide bonds. The number of piperidine rings is 1. The van der Waals surface area contributed by atoms with E-state index < -0.39 is 23.4 Å². The summed E-state index contributed by atoms with van der Waals surface area (Å²) in [5, 5.41) is 3.26. The summed E-state index contributed by atoms with van der Waals surface area (Å²) in [6.07, 6.45) is -0.753. The molecular weight excluding hydrogens is 424 g/mol. The van der Waals surface area contributed by atoms with E-state index in [9.17, 15) is 14.4 Å². The van der Waals surface area contributed by atoms with E-state index in [2.05, 4.69) is 5.32 Å². The van der Waals surface area contributed by atoms with Crippen molar-refractivity contribution in [3.63, 3.8) is 0 Å². The number of hydrogen-bond donors (Lipinski definition) is 1. The molecule has 1 fully saturated rings. The van der Waals surface area contributed by atoms with Crippen LogP contribution in [0.3, 0.4) is 0 Å². The molecule has 0 saturated carbocycles. The molecule has 8 nitrogen and oxygen atoms in total. The van der Waals surface area contributed by atoms with Crippen molar-refractivity contribution < 1.29 is 28.6 Å². The quantitative estimate of drug-likeness (QED) is 0.504. The minimum absolute atomic E-state index is 0.00723. The van der Waals surface area contributed by atoms with Gasteiger partial charge >= 0.3 is 18.2 Å². The molecule has 0 aliphatic carbocycles. The van der Waals surface area contributed by atoms with Crippen LogP contribution in [0.4, 0.5) is 9.59 Å². The highest BCUT2D eigenvalue weighted by Gasteiger charge is 2.34. The Morgan fingerprint density at radius 2 is 1.64 bits per heavy atom. The summed E-state index contributed by atoms with van der Waals surface area (Å²) in [6, 6.07) is 7.61. The number of esters is 1. The van der Waals surface area contributed by atoms with Crippen LogP contribution in [0, 0.1) is 5.92 Å². The minimum atomic E-state index is -0.770. The summed E-state index contributed by atoms with van der Waals surface area (Å²) >= 11 is 0. The number of imide groups is 1. The Morgan fingerprint density at radius 3 is 2.18 bits per heavy atom. The molecule has 1 aliphatic heterocycles. The standard InChI is InChI=1S/C25H38N2O6/c1-8-31-21(28)20-15-26-13-12-19(20)18-11-9-10-17(14-18)16-27(22(29)32-24(2,3)4)23(30)33-25(5,6)7/h9-11,14,19-20,26H,8,12-13,15-16H2,1-7H3/t19-,20-/m0/s1. The van der Waals surface area contributed by atoms with Gasteiger partial charge in [0.15, 0.2) is 0 Å². The Hall–Kier alpha value is -2.61. The molecule has 1 aromatic rings. The fraction of sp³-hybridized carbons (Fsp3) is 0.640. The van der Waals surface area contributed by atoms with Crippen LogP contribution in [-0.2, 0) is 25.5 Å². The normalized spacial score (nSPS) is 18.9. The number of ether oxygens (including phenoxy) is 3. The van der Waals surface area contributed by atoms with Gasteiger partial charge < -0.3 is 19.5 Å². The van der Waals surface area contributed by atoms with Gasteiger partial charge in [0.05, 0.1) is 19.1 Å². The monoisotopic (exact) mass is 462 g/mol. The van der Waals surface area contributed by atoms with Crippen molar-refractivity contribution in [3.8, 4) is 0 Å². The summed E-state index contributed by atoms with van der Waals surface area (Å²) in [6.45, 7) is 13.9.